The van der Waals surface area contributed by atoms with Gasteiger partial charge in [-0.05, 0) is 49.2 Å². The zero-order valence-corrected chi connectivity index (χ0v) is 17.2. The molecule has 2 aliphatic rings. The molecule has 0 unspecified atom stereocenters. The SMILES string of the molecule is C[C@@H](C(=O)N1CCc2ccccc21)N1CCN(CC(=O)Nc2ccc(F)cc2)CC1. The number of para-hydroxylation sites is 1. The molecule has 30 heavy (non-hydrogen) atoms. The summed E-state index contributed by atoms with van der Waals surface area (Å²) in [5, 5.41) is 2.79. The van der Waals surface area contributed by atoms with Gasteiger partial charge in [0.05, 0.1) is 12.6 Å². The molecule has 6 nitrogen and oxygen atoms in total. The number of amides is 2. The molecule has 1 atom stereocenters. The number of hydrogen-bond donors (Lipinski definition) is 1. The van der Waals surface area contributed by atoms with Gasteiger partial charge < -0.3 is 10.2 Å². The maximum atomic E-state index is 13.1. The van der Waals surface area contributed by atoms with Crippen LogP contribution in [0.25, 0.3) is 0 Å². The standard InChI is InChI=1S/C23H27FN4O2/c1-17(23(30)28-11-10-18-4-2-3-5-21(18)28)27-14-12-26(13-15-27)16-22(29)25-20-8-6-19(24)7-9-20/h2-9,17H,10-16H2,1H3,(H,25,29)/t17-/m0/s1. The minimum atomic E-state index is -0.329. The Kier molecular flexibility index (Phi) is 6.11. The van der Waals surface area contributed by atoms with Gasteiger partial charge in [-0.1, -0.05) is 18.2 Å². The molecule has 1 saturated heterocycles. The molecule has 0 spiro atoms. The highest BCUT2D eigenvalue weighted by molar-refractivity contribution is 5.98. The molecule has 0 aliphatic carbocycles. The van der Waals surface area contributed by atoms with E-state index < -0.39 is 0 Å². The Hall–Kier alpha value is -2.77. The fourth-order valence-corrected chi connectivity index (χ4v) is 4.19. The Morgan fingerprint density at radius 1 is 1.00 bits per heavy atom. The van der Waals surface area contributed by atoms with Gasteiger partial charge in [-0.25, -0.2) is 4.39 Å². The summed E-state index contributed by atoms with van der Waals surface area (Å²) in [6.07, 6.45) is 0.908. The fraction of sp³-hybridized carbons (Fsp3) is 0.391. The normalized spacial score (nSPS) is 18.1. The third kappa shape index (κ3) is 4.52. The smallest absolute Gasteiger partial charge is 0.244 e. The van der Waals surface area contributed by atoms with Gasteiger partial charge in [0.15, 0.2) is 0 Å². The van der Waals surface area contributed by atoms with Gasteiger partial charge in [-0.2, -0.15) is 0 Å². The van der Waals surface area contributed by atoms with E-state index in [1.165, 1.54) is 17.7 Å². The second-order valence-corrected chi connectivity index (χ2v) is 7.91. The average molecular weight is 410 g/mol. The summed E-state index contributed by atoms with van der Waals surface area (Å²) in [5.74, 6) is -0.305. The largest absolute Gasteiger partial charge is 0.325 e. The van der Waals surface area contributed by atoms with Gasteiger partial charge in [-0.15, -0.1) is 0 Å². The maximum Gasteiger partial charge on any atom is 0.244 e. The number of hydrogen-bond acceptors (Lipinski definition) is 4. The maximum absolute atomic E-state index is 13.1. The van der Waals surface area contributed by atoms with Crippen LogP contribution in [0.1, 0.15) is 12.5 Å². The van der Waals surface area contributed by atoms with Crippen LogP contribution in [0.4, 0.5) is 15.8 Å². The number of carbonyl (C=O) groups excluding carboxylic acids is 2. The molecule has 2 amide bonds. The Bertz CT molecular complexity index is 910. The molecule has 2 heterocycles. The quantitative estimate of drug-likeness (QED) is 0.822. The van der Waals surface area contributed by atoms with Crippen molar-refractivity contribution >= 4 is 23.2 Å². The van der Waals surface area contributed by atoms with Crippen molar-refractivity contribution < 1.29 is 14.0 Å². The van der Waals surface area contributed by atoms with E-state index >= 15 is 0 Å². The molecule has 4 rings (SSSR count). The third-order valence-corrected chi connectivity index (χ3v) is 5.96. The van der Waals surface area contributed by atoms with E-state index in [-0.39, 0.29) is 30.2 Å². The van der Waals surface area contributed by atoms with E-state index in [1.807, 2.05) is 30.0 Å². The van der Waals surface area contributed by atoms with Crippen LogP contribution < -0.4 is 10.2 Å². The van der Waals surface area contributed by atoms with Crippen LogP contribution in [0.3, 0.4) is 0 Å². The Balaban J connectivity index is 1.26. The first-order chi connectivity index (χ1) is 14.5. The fourth-order valence-electron chi connectivity index (χ4n) is 4.19. The predicted octanol–water partition coefficient (Wildman–Crippen LogP) is 2.36. The van der Waals surface area contributed by atoms with E-state index in [0.717, 1.165) is 44.8 Å². The van der Waals surface area contributed by atoms with Crippen molar-refractivity contribution in [1.29, 1.82) is 0 Å². The number of rotatable bonds is 5. The number of benzene rings is 2. The van der Waals surface area contributed by atoms with Gasteiger partial charge in [-0.3, -0.25) is 19.4 Å². The van der Waals surface area contributed by atoms with E-state index in [4.69, 9.17) is 0 Å². The van der Waals surface area contributed by atoms with Crippen molar-refractivity contribution in [3.8, 4) is 0 Å². The summed E-state index contributed by atoms with van der Waals surface area (Å²) in [5.41, 5.74) is 2.85. The number of nitrogens with zero attached hydrogens (tertiary/aromatic N) is 3. The second kappa shape index (κ2) is 8.93. The molecule has 0 aromatic heterocycles. The Labute approximate surface area is 176 Å². The van der Waals surface area contributed by atoms with Gasteiger partial charge in [0, 0.05) is 44.1 Å². The lowest BCUT2D eigenvalue weighted by molar-refractivity contribution is -0.124. The van der Waals surface area contributed by atoms with Crippen molar-refractivity contribution in [2.45, 2.75) is 19.4 Å². The molecule has 1 N–H and O–H groups in total. The Morgan fingerprint density at radius 3 is 2.43 bits per heavy atom. The van der Waals surface area contributed by atoms with E-state index in [1.54, 1.807) is 12.1 Å². The van der Waals surface area contributed by atoms with Crippen molar-refractivity contribution in [2.75, 3.05) is 49.5 Å². The number of piperazine rings is 1. The van der Waals surface area contributed by atoms with Crippen LogP contribution >= 0.6 is 0 Å². The van der Waals surface area contributed by atoms with Gasteiger partial charge in [0.25, 0.3) is 0 Å². The molecule has 0 bridgehead atoms. The highest BCUT2D eigenvalue weighted by atomic mass is 19.1. The van der Waals surface area contributed by atoms with Crippen LogP contribution in [0.5, 0.6) is 0 Å². The van der Waals surface area contributed by atoms with Crippen molar-refractivity contribution in [3.63, 3.8) is 0 Å². The van der Waals surface area contributed by atoms with Crippen molar-refractivity contribution in [3.05, 3.63) is 59.9 Å². The summed E-state index contributed by atoms with van der Waals surface area (Å²) in [4.78, 5) is 31.5. The summed E-state index contributed by atoms with van der Waals surface area (Å²) in [7, 11) is 0. The molecule has 0 saturated carbocycles. The van der Waals surface area contributed by atoms with E-state index in [0.29, 0.717) is 5.69 Å². The topological polar surface area (TPSA) is 55.9 Å². The van der Waals surface area contributed by atoms with Crippen LogP contribution in [-0.4, -0.2) is 66.9 Å². The van der Waals surface area contributed by atoms with Crippen LogP contribution in [-0.2, 0) is 16.0 Å². The van der Waals surface area contributed by atoms with Gasteiger partial charge >= 0.3 is 0 Å². The molecular weight excluding hydrogens is 383 g/mol. The average Bonchev–Trinajstić information content (AvgIpc) is 3.19. The lowest BCUT2D eigenvalue weighted by atomic mass is 10.1. The monoisotopic (exact) mass is 410 g/mol. The first kappa shape index (κ1) is 20.5. The summed E-state index contributed by atoms with van der Waals surface area (Å²) in [6.45, 7) is 5.94. The number of carbonyl (C=O) groups is 2. The highest BCUT2D eigenvalue weighted by Crippen LogP contribution is 2.28. The molecule has 158 valence electrons. The minimum absolute atomic E-state index is 0.118. The number of anilines is 2. The molecular formula is C23H27FN4O2. The number of halogens is 1. The lowest BCUT2D eigenvalue weighted by Crippen LogP contribution is -2.55. The van der Waals surface area contributed by atoms with Crippen molar-refractivity contribution in [2.24, 2.45) is 0 Å². The van der Waals surface area contributed by atoms with E-state index in [9.17, 15) is 14.0 Å². The van der Waals surface area contributed by atoms with Crippen LogP contribution in [0.2, 0.25) is 0 Å². The molecule has 7 heteroatoms. The molecule has 1 fully saturated rings. The minimum Gasteiger partial charge on any atom is -0.325 e. The first-order valence-electron chi connectivity index (χ1n) is 10.4. The zero-order chi connectivity index (χ0) is 21.1. The summed E-state index contributed by atoms with van der Waals surface area (Å²) in [6, 6.07) is 13.7. The Morgan fingerprint density at radius 2 is 1.70 bits per heavy atom. The van der Waals surface area contributed by atoms with Gasteiger partial charge in [0.2, 0.25) is 11.8 Å². The summed E-state index contributed by atoms with van der Waals surface area (Å²) >= 11 is 0. The van der Waals surface area contributed by atoms with E-state index in [2.05, 4.69) is 21.2 Å². The molecule has 2 aromatic rings. The first-order valence-corrected chi connectivity index (χ1v) is 10.4. The zero-order valence-electron chi connectivity index (χ0n) is 17.2. The van der Waals surface area contributed by atoms with Crippen LogP contribution in [0.15, 0.2) is 48.5 Å². The molecule has 2 aliphatic heterocycles. The lowest BCUT2D eigenvalue weighted by Gasteiger charge is -2.38. The highest BCUT2D eigenvalue weighted by Gasteiger charge is 2.32. The molecule has 0 radical (unpaired) electrons. The van der Waals surface area contributed by atoms with Crippen molar-refractivity contribution in [1.82, 2.24) is 9.80 Å². The predicted molar refractivity (Wildman–Crippen MR) is 115 cm³/mol. The summed E-state index contributed by atoms with van der Waals surface area (Å²) < 4.78 is 13.0. The van der Waals surface area contributed by atoms with Crippen LogP contribution in [0, 0.1) is 5.82 Å². The second-order valence-electron chi connectivity index (χ2n) is 7.91. The molecule has 2 aromatic carbocycles. The van der Waals surface area contributed by atoms with Gasteiger partial charge in [0.1, 0.15) is 5.82 Å². The number of nitrogens with one attached hydrogen (secondary N) is 1. The number of fused-ring (bicyclic) bond motifs is 1. The third-order valence-electron chi connectivity index (χ3n) is 5.96.